The van der Waals surface area contributed by atoms with E-state index in [1.807, 2.05) is 11.5 Å². The summed E-state index contributed by atoms with van der Waals surface area (Å²) in [5.41, 5.74) is -0.954. The third-order valence-corrected chi connectivity index (χ3v) is 5.98. The molecule has 0 saturated carbocycles. The Labute approximate surface area is 208 Å². The standard InChI is InChI=1S/C25H20F4N6O2/c1-14-4-3-7-37-21-10-19(26)17(15-8-16(12-30-11-15)25(27,28)29)9-18(21)24(36)33-22-6-2-5-20(32-22)23-34-31-13-35(14)23/h2,5-6,8-14H,3-4,7H2,1H3,(H,32,33,36)/t14-/m0/s1. The van der Waals surface area contributed by atoms with Gasteiger partial charge in [0.2, 0.25) is 0 Å². The Kier molecular flexibility index (Phi) is 6.32. The fraction of sp³-hybridized carbons (Fsp3) is 0.240. The van der Waals surface area contributed by atoms with Gasteiger partial charge >= 0.3 is 6.18 Å². The van der Waals surface area contributed by atoms with Crippen LogP contribution in [0.15, 0.2) is 55.1 Å². The second-order valence-electron chi connectivity index (χ2n) is 8.55. The van der Waals surface area contributed by atoms with Crippen LogP contribution in [0.3, 0.4) is 0 Å². The number of carbonyl (C=O) groups excluding carboxylic acids is 1. The fourth-order valence-electron chi connectivity index (χ4n) is 4.08. The van der Waals surface area contributed by atoms with Crippen LogP contribution >= 0.6 is 0 Å². The number of fused-ring (bicyclic) bond motifs is 5. The molecule has 1 atom stereocenters. The number of ether oxygens (including phenoxy) is 1. The molecule has 1 aliphatic heterocycles. The monoisotopic (exact) mass is 512 g/mol. The zero-order chi connectivity index (χ0) is 26.2. The molecule has 0 unspecified atom stereocenters. The van der Waals surface area contributed by atoms with E-state index in [1.165, 1.54) is 0 Å². The first-order valence-corrected chi connectivity index (χ1v) is 11.4. The summed E-state index contributed by atoms with van der Waals surface area (Å²) >= 11 is 0. The van der Waals surface area contributed by atoms with Crippen LogP contribution in [0, 0.1) is 5.82 Å². The van der Waals surface area contributed by atoms with Crippen molar-refractivity contribution in [2.24, 2.45) is 0 Å². The lowest BCUT2D eigenvalue weighted by molar-refractivity contribution is -0.137. The Morgan fingerprint density at radius 3 is 2.78 bits per heavy atom. The van der Waals surface area contributed by atoms with Gasteiger partial charge in [0.05, 0.1) is 17.7 Å². The summed E-state index contributed by atoms with van der Waals surface area (Å²) < 4.78 is 62.4. The minimum atomic E-state index is -4.66. The second kappa shape index (κ2) is 9.60. The summed E-state index contributed by atoms with van der Waals surface area (Å²) in [5.74, 6) is -0.837. The number of nitrogens with zero attached hydrogens (tertiary/aromatic N) is 5. The first kappa shape index (κ1) is 24.3. The number of nitrogens with one attached hydrogen (secondary N) is 1. The Hall–Kier alpha value is -4.35. The normalized spacial score (nSPS) is 16.1. The molecule has 0 radical (unpaired) electrons. The highest BCUT2D eigenvalue weighted by molar-refractivity contribution is 6.06. The van der Waals surface area contributed by atoms with Crippen molar-refractivity contribution in [3.05, 3.63) is 72.1 Å². The van der Waals surface area contributed by atoms with E-state index in [9.17, 15) is 18.0 Å². The minimum Gasteiger partial charge on any atom is -0.493 e. The molecule has 37 heavy (non-hydrogen) atoms. The maximum atomic E-state index is 15.1. The molecule has 4 aromatic rings. The predicted octanol–water partition coefficient (Wildman–Crippen LogP) is 5.55. The van der Waals surface area contributed by atoms with Gasteiger partial charge < -0.3 is 14.6 Å². The number of amides is 1. The van der Waals surface area contributed by atoms with E-state index in [0.29, 0.717) is 30.6 Å². The number of aromatic nitrogens is 5. The SMILES string of the molecule is C[C@H]1CCCOc2cc(F)c(-c3cncc(C(F)(F)F)c3)cc2C(=O)Nc2cccc(n2)-c2nncn21. The van der Waals surface area contributed by atoms with Gasteiger partial charge in [0.25, 0.3) is 5.91 Å². The van der Waals surface area contributed by atoms with Gasteiger partial charge in [0.1, 0.15) is 29.4 Å². The molecule has 0 spiro atoms. The summed E-state index contributed by atoms with van der Waals surface area (Å²) in [6.45, 7) is 2.17. The Morgan fingerprint density at radius 2 is 1.97 bits per heavy atom. The third-order valence-electron chi connectivity index (χ3n) is 5.98. The van der Waals surface area contributed by atoms with E-state index >= 15 is 4.39 Å². The smallest absolute Gasteiger partial charge is 0.417 e. The number of halogens is 4. The molecule has 5 rings (SSSR count). The van der Waals surface area contributed by atoms with Crippen LogP contribution in [0.2, 0.25) is 0 Å². The Bertz CT molecular complexity index is 1470. The third kappa shape index (κ3) is 4.99. The molecule has 8 nitrogen and oxygen atoms in total. The fourth-order valence-corrected chi connectivity index (χ4v) is 4.08. The number of hydrogen-bond acceptors (Lipinski definition) is 6. The Balaban J connectivity index is 1.58. The van der Waals surface area contributed by atoms with Crippen molar-refractivity contribution < 1.29 is 27.1 Å². The largest absolute Gasteiger partial charge is 0.493 e. The lowest BCUT2D eigenvalue weighted by atomic mass is 10.0. The van der Waals surface area contributed by atoms with E-state index < -0.39 is 23.5 Å². The molecular formula is C25H20F4N6O2. The van der Waals surface area contributed by atoms with Gasteiger partial charge in [-0.25, -0.2) is 9.37 Å². The predicted molar refractivity (Wildman–Crippen MR) is 125 cm³/mol. The van der Waals surface area contributed by atoms with Crippen LogP contribution in [0.4, 0.5) is 23.4 Å². The lowest BCUT2D eigenvalue weighted by Crippen LogP contribution is -2.17. The summed E-state index contributed by atoms with van der Waals surface area (Å²) in [4.78, 5) is 21.3. The first-order chi connectivity index (χ1) is 17.7. The molecule has 2 bridgehead atoms. The van der Waals surface area contributed by atoms with Crippen LogP contribution in [0.1, 0.15) is 41.7 Å². The number of pyridine rings is 2. The Morgan fingerprint density at radius 1 is 1.14 bits per heavy atom. The minimum absolute atomic E-state index is 0.00331. The molecule has 1 aromatic carbocycles. The van der Waals surface area contributed by atoms with Crippen molar-refractivity contribution in [1.82, 2.24) is 24.7 Å². The van der Waals surface area contributed by atoms with E-state index in [-0.39, 0.29) is 40.9 Å². The number of hydrogen-bond donors (Lipinski definition) is 1. The average Bonchev–Trinajstić information content (AvgIpc) is 3.36. The highest BCUT2D eigenvalue weighted by atomic mass is 19.4. The van der Waals surface area contributed by atoms with Crippen LogP contribution in [0.25, 0.3) is 22.6 Å². The lowest BCUT2D eigenvalue weighted by Gasteiger charge is -2.18. The molecule has 0 saturated heterocycles. The van der Waals surface area contributed by atoms with Crippen molar-refractivity contribution in [3.8, 4) is 28.4 Å². The highest BCUT2D eigenvalue weighted by Gasteiger charge is 2.31. The number of anilines is 1. The van der Waals surface area contributed by atoms with Crippen molar-refractivity contribution in [2.75, 3.05) is 11.9 Å². The van der Waals surface area contributed by atoms with Crippen molar-refractivity contribution in [3.63, 3.8) is 0 Å². The summed E-state index contributed by atoms with van der Waals surface area (Å²) in [5, 5.41) is 10.8. The zero-order valence-corrected chi connectivity index (χ0v) is 19.5. The van der Waals surface area contributed by atoms with Gasteiger partial charge in [-0.3, -0.25) is 9.78 Å². The van der Waals surface area contributed by atoms with Gasteiger partial charge in [0.15, 0.2) is 5.82 Å². The maximum absolute atomic E-state index is 15.1. The number of alkyl halides is 3. The average molecular weight is 512 g/mol. The zero-order valence-electron chi connectivity index (χ0n) is 19.5. The number of benzene rings is 1. The second-order valence-corrected chi connectivity index (χ2v) is 8.55. The van der Waals surface area contributed by atoms with E-state index in [2.05, 4.69) is 25.5 Å². The molecule has 3 aromatic heterocycles. The van der Waals surface area contributed by atoms with Crippen LogP contribution < -0.4 is 10.1 Å². The highest BCUT2D eigenvalue weighted by Crippen LogP contribution is 2.35. The van der Waals surface area contributed by atoms with Crippen molar-refractivity contribution in [2.45, 2.75) is 32.0 Å². The van der Waals surface area contributed by atoms with Gasteiger partial charge in [-0.05, 0) is 44.0 Å². The number of carbonyl (C=O) groups is 1. The summed E-state index contributed by atoms with van der Waals surface area (Å²) in [6.07, 6.45) is -0.0708. The van der Waals surface area contributed by atoms with Gasteiger partial charge in [-0.2, -0.15) is 13.2 Å². The molecular weight excluding hydrogens is 492 g/mol. The van der Waals surface area contributed by atoms with Crippen LogP contribution in [-0.2, 0) is 6.18 Å². The van der Waals surface area contributed by atoms with Crippen LogP contribution in [-0.4, -0.2) is 37.2 Å². The molecule has 1 amide bonds. The molecule has 12 heteroatoms. The quantitative estimate of drug-likeness (QED) is 0.336. The molecule has 1 N–H and O–H groups in total. The summed E-state index contributed by atoms with van der Waals surface area (Å²) in [7, 11) is 0. The van der Waals surface area contributed by atoms with Gasteiger partial charge in [-0.15, -0.1) is 10.2 Å². The number of rotatable bonds is 1. The topological polar surface area (TPSA) is 94.8 Å². The van der Waals surface area contributed by atoms with Crippen molar-refractivity contribution >= 4 is 11.7 Å². The van der Waals surface area contributed by atoms with E-state index in [4.69, 9.17) is 4.74 Å². The molecule has 190 valence electrons. The van der Waals surface area contributed by atoms with Gasteiger partial charge in [-0.1, -0.05) is 6.07 Å². The van der Waals surface area contributed by atoms with Gasteiger partial charge in [0, 0.05) is 35.6 Å². The van der Waals surface area contributed by atoms with E-state index in [0.717, 1.165) is 24.4 Å². The molecule has 0 aliphatic carbocycles. The van der Waals surface area contributed by atoms with Crippen LogP contribution in [0.5, 0.6) is 5.75 Å². The molecule has 0 fully saturated rings. The van der Waals surface area contributed by atoms with Crippen molar-refractivity contribution in [1.29, 1.82) is 0 Å². The van der Waals surface area contributed by atoms with E-state index in [1.54, 1.807) is 24.5 Å². The maximum Gasteiger partial charge on any atom is 0.417 e. The summed E-state index contributed by atoms with van der Waals surface area (Å²) in [6, 6.07) is 7.94. The first-order valence-electron chi connectivity index (χ1n) is 11.4. The molecule has 4 heterocycles. The molecule has 1 aliphatic rings.